The van der Waals surface area contributed by atoms with E-state index in [0.29, 0.717) is 12.6 Å². The van der Waals surface area contributed by atoms with Crippen molar-refractivity contribution in [3.8, 4) is 0 Å². The molecule has 2 rings (SSSR count). The Morgan fingerprint density at radius 2 is 2.10 bits per heavy atom. The fraction of sp³-hybridized carbons (Fsp3) is 0.667. The summed E-state index contributed by atoms with van der Waals surface area (Å²) < 4.78 is 0. The number of nitrogens with zero attached hydrogens (tertiary/aromatic N) is 3. The van der Waals surface area contributed by atoms with Gasteiger partial charge in [0.2, 0.25) is 5.82 Å². The maximum Gasteiger partial charge on any atom is 0.294 e. The minimum Gasteiger partial charge on any atom is -0.329 e. The number of nitrogens with one attached hydrogen (secondary N) is 1. The van der Waals surface area contributed by atoms with Crippen LogP contribution >= 0.6 is 0 Å². The van der Waals surface area contributed by atoms with Gasteiger partial charge in [-0.1, -0.05) is 39.7 Å². The summed E-state index contributed by atoms with van der Waals surface area (Å²) in [4.78, 5) is 18.8. The Balaban J connectivity index is 2.18. The van der Waals surface area contributed by atoms with Gasteiger partial charge in [0.25, 0.3) is 5.91 Å². The molecule has 0 unspecified atom stereocenters. The van der Waals surface area contributed by atoms with Crippen LogP contribution in [0.2, 0.25) is 0 Å². The highest BCUT2D eigenvalue weighted by Gasteiger charge is 2.29. The molecule has 0 aliphatic heterocycles. The van der Waals surface area contributed by atoms with Crippen molar-refractivity contribution in [3.63, 3.8) is 0 Å². The maximum atomic E-state index is 12.6. The summed E-state index contributed by atoms with van der Waals surface area (Å²) in [6, 6.07) is 0.303. The van der Waals surface area contributed by atoms with Gasteiger partial charge in [0.15, 0.2) is 0 Å². The number of H-pyrrole nitrogens is 1. The highest BCUT2D eigenvalue weighted by atomic mass is 16.2. The third kappa shape index (κ3) is 3.08. The van der Waals surface area contributed by atoms with Crippen LogP contribution in [0.25, 0.3) is 0 Å². The second-order valence-corrected chi connectivity index (χ2v) is 6.44. The average molecular weight is 276 g/mol. The standard InChI is InChI=1S/C15H24N4O/c1-5-10-19(11-8-6-7-9-11)13(20)12-16-14(18-17-12)15(2,3)4/h5,11H,1,6-10H2,2-4H3,(H,16,17,18). The van der Waals surface area contributed by atoms with Crippen LogP contribution in [0.1, 0.15) is 62.9 Å². The first-order valence-electron chi connectivity index (χ1n) is 7.28. The van der Waals surface area contributed by atoms with Crippen molar-refractivity contribution in [2.45, 2.75) is 57.9 Å². The molecule has 1 aromatic rings. The van der Waals surface area contributed by atoms with E-state index in [9.17, 15) is 4.79 Å². The lowest BCUT2D eigenvalue weighted by molar-refractivity contribution is 0.0694. The normalized spacial score (nSPS) is 16.4. The van der Waals surface area contributed by atoms with E-state index in [0.717, 1.165) is 18.7 Å². The van der Waals surface area contributed by atoms with Crippen LogP contribution in [0.5, 0.6) is 0 Å². The summed E-state index contributed by atoms with van der Waals surface area (Å²) in [5, 5.41) is 6.98. The Hall–Kier alpha value is -1.65. The van der Waals surface area contributed by atoms with Gasteiger partial charge in [0.1, 0.15) is 5.82 Å². The number of aromatic nitrogens is 3. The van der Waals surface area contributed by atoms with E-state index in [1.54, 1.807) is 6.08 Å². The summed E-state index contributed by atoms with van der Waals surface area (Å²) in [6.07, 6.45) is 6.28. The quantitative estimate of drug-likeness (QED) is 0.860. The first kappa shape index (κ1) is 14.8. The second kappa shape index (κ2) is 5.77. The molecule has 20 heavy (non-hydrogen) atoms. The van der Waals surface area contributed by atoms with E-state index >= 15 is 0 Å². The number of hydrogen-bond donors (Lipinski definition) is 1. The molecule has 0 aromatic carbocycles. The number of aromatic amines is 1. The molecule has 5 heteroatoms. The minimum absolute atomic E-state index is 0.0939. The summed E-state index contributed by atoms with van der Waals surface area (Å²) in [6.45, 7) is 10.4. The van der Waals surface area contributed by atoms with E-state index in [2.05, 4.69) is 21.8 Å². The maximum absolute atomic E-state index is 12.6. The number of carbonyl (C=O) groups excluding carboxylic acids is 1. The van der Waals surface area contributed by atoms with Gasteiger partial charge in [-0.15, -0.1) is 11.7 Å². The van der Waals surface area contributed by atoms with Gasteiger partial charge in [-0.05, 0) is 12.8 Å². The van der Waals surface area contributed by atoms with Gasteiger partial charge < -0.3 is 4.90 Å². The molecule has 110 valence electrons. The predicted octanol–water partition coefficient (Wildman–Crippen LogP) is 2.67. The Labute approximate surface area is 120 Å². The largest absolute Gasteiger partial charge is 0.329 e. The fourth-order valence-electron chi connectivity index (χ4n) is 2.57. The SMILES string of the molecule is C=CCN(C(=O)c1n[nH]c(C(C)(C)C)n1)C1CCCC1. The molecule has 0 radical (unpaired) electrons. The van der Waals surface area contributed by atoms with Gasteiger partial charge in [0.05, 0.1) is 0 Å². The lowest BCUT2D eigenvalue weighted by Crippen LogP contribution is -2.39. The van der Waals surface area contributed by atoms with E-state index in [4.69, 9.17) is 0 Å². The van der Waals surface area contributed by atoms with Gasteiger partial charge in [-0.2, -0.15) is 0 Å². The van der Waals surface area contributed by atoms with Crippen molar-refractivity contribution in [2.75, 3.05) is 6.54 Å². The predicted molar refractivity (Wildman–Crippen MR) is 78.6 cm³/mol. The van der Waals surface area contributed by atoms with Crippen molar-refractivity contribution in [2.24, 2.45) is 0 Å². The molecular formula is C15H24N4O. The zero-order valence-corrected chi connectivity index (χ0v) is 12.6. The van der Waals surface area contributed by atoms with Crippen LogP contribution < -0.4 is 0 Å². The van der Waals surface area contributed by atoms with Gasteiger partial charge in [-0.25, -0.2) is 4.98 Å². The van der Waals surface area contributed by atoms with Gasteiger partial charge >= 0.3 is 0 Å². The Bertz CT molecular complexity index is 480. The zero-order chi connectivity index (χ0) is 14.8. The van der Waals surface area contributed by atoms with Crippen molar-refractivity contribution < 1.29 is 4.79 Å². The Morgan fingerprint density at radius 3 is 2.60 bits per heavy atom. The second-order valence-electron chi connectivity index (χ2n) is 6.44. The molecule has 1 aliphatic carbocycles. The van der Waals surface area contributed by atoms with E-state index in [1.807, 2.05) is 25.7 Å². The molecule has 1 N–H and O–H groups in total. The van der Waals surface area contributed by atoms with Crippen LogP contribution in [0.4, 0.5) is 0 Å². The van der Waals surface area contributed by atoms with Crippen molar-refractivity contribution in [1.82, 2.24) is 20.1 Å². The molecule has 0 saturated heterocycles. The van der Waals surface area contributed by atoms with Crippen LogP contribution in [-0.2, 0) is 5.41 Å². The van der Waals surface area contributed by atoms with Crippen LogP contribution in [0.15, 0.2) is 12.7 Å². The minimum atomic E-state index is -0.137. The molecule has 0 atom stereocenters. The molecule has 1 saturated carbocycles. The third-order valence-corrected chi connectivity index (χ3v) is 3.74. The molecule has 1 aromatic heterocycles. The van der Waals surface area contributed by atoms with E-state index < -0.39 is 0 Å². The van der Waals surface area contributed by atoms with Crippen molar-refractivity contribution in [1.29, 1.82) is 0 Å². The Kier molecular flexibility index (Phi) is 4.26. The van der Waals surface area contributed by atoms with Crippen molar-refractivity contribution >= 4 is 5.91 Å². The number of carbonyl (C=O) groups is 1. The molecule has 1 heterocycles. The fourth-order valence-corrected chi connectivity index (χ4v) is 2.57. The highest BCUT2D eigenvalue weighted by Crippen LogP contribution is 2.25. The molecule has 1 amide bonds. The first-order chi connectivity index (χ1) is 9.43. The average Bonchev–Trinajstić information content (AvgIpc) is 3.04. The summed E-state index contributed by atoms with van der Waals surface area (Å²) in [5.74, 6) is 0.915. The topological polar surface area (TPSA) is 61.9 Å². The van der Waals surface area contributed by atoms with Gasteiger partial charge in [-0.3, -0.25) is 9.89 Å². The highest BCUT2D eigenvalue weighted by molar-refractivity contribution is 5.90. The van der Waals surface area contributed by atoms with Crippen LogP contribution in [0, 0.1) is 0 Å². The summed E-state index contributed by atoms with van der Waals surface area (Å²) >= 11 is 0. The van der Waals surface area contributed by atoms with Crippen LogP contribution in [0.3, 0.4) is 0 Å². The van der Waals surface area contributed by atoms with Crippen LogP contribution in [-0.4, -0.2) is 38.6 Å². The van der Waals surface area contributed by atoms with Crippen molar-refractivity contribution in [3.05, 3.63) is 24.3 Å². The summed E-state index contributed by atoms with van der Waals surface area (Å²) in [5.41, 5.74) is -0.137. The third-order valence-electron chi connectivity index (χ3n) is 3.74. The number of hydrogen-bond acceptors (Lipinski definition) is 3. The lowest BCUT2D eigenvalue weighted by atomic mass is 9.96. The monoisotopic (exact) mass is 276 g/mol. The lowest BCUT2D eigenvalue weighted by Gasteiger charge is -2.26. The van der Waals surface area contributed by atoms with Gasteiger partial charge in [0, 0.05) is 18.0 Å². The summed E-state index contributed by atoms with van der Waals surface area (Å²) in [7, 11) is 0. The Morgan fingerprint density at radius 1 is 1.45 bits per heavy atom. The van der Waals surface area contributed by atoms with E-state index in [-0.39, 0.29) is 17.1 Å². The molecule has 0 spiro atoms. The molecule has 1 aliphatic rings. The molecule has 0 bridgehead atoms. The number of rotatable bonds is 4. The molecule has 1 fully saturated rings. The molecule has 5 nitrogen and oxygen atoms in total. The smallest absolute Gasteiger partial charge is 0.294 e. The van der Waals surface area contributed by atoms with E-state index in [1.165, 1.54) is 12.8 Å². The first-order valence-corrected chi connectivity index (χ1v) is 7.28. The number of amides is 1. The molecular weight excluding hydrogens is 252 g/mol. The zero-order valence-electron chi connectivity index (χ0n) is 12.6.